The van der Waals surface area contributed by atoms with Gasteiger partial charge < -0.3 is 10.8 Å². The molecule has 0 heterocycles. The Morgan fingerprint density at radius 1 is 1.44 bits per heavy atom. The molecule has 0 radical (unpaired) electrons. The number of fused-ring (bicyclic) bond motifs is 1. The number of aromatic hydroxyl groups is 1. The Hall–Kier alpha value is -0.540. The molecule has 0 saturated heterocycles. The molecular formula is C13H18BrNO. The van der Waals surface area contributed by atoms with E-state index < -0.39 is 0 Å². The highest BCUT2D eigenvalue weighted by Crippen LogP contribution is 2.40. The third-order valence-electron chi connectivity index (χ3n) is 3.46. The molecule has 0 fully saturated rings. The van der Waals surface area contributed by atoms with Gasteiger partial charge in [-0.15, -0.1) is 0 Å². The summed E-state index contributed by atoms with van der Waals surface area (Å²) in [6.07, 6.45) is 4.67. The summed E-state index contributed by atoms with van der Waals surface area (Å²) in [6, 6.07) is 2.07. The lowest BCUT2D eigenvalue weighted by Gasteiger charge is -2.24. The summed E-state index contributed by atoms with van der Waals surface area (Å²) < 4.78 is 0.809. The predicted molar refractivity (Wildman–Crippen MR) is 69.9 cm³/mol. The largest absolute Gasteiger partial charge is 0.506 e. The number of nitrogens with two attached hydrogens (primary N) is 1. The van der Waals surface area contributed by atoms with E-state index in [1.807, 2.05) is 0 Å². The molecule has 0 bridgehead atoms. The van der Waals surface area contributed by atoms with Crippen LogP contribution in [0.5, 0.6) is 5.75 Å². The van der Waals surface area contributed by atoms with Gasteiger partial charge in [0.25, 0.3) is 0 Å². The topological polar surface area (TPSA) is 46.2 Å². The van der Waals surface area contributed by atoms with Gasteiger partial charge in [0.05, 0.1) is 4.47 Å². The zero-order chi connectivity index (χ0) is 11.7. The maximum atomic E-state index is 10.2. The molecule has 1 atom stereocenters. The van der Waals surface area contributed by atoms with Crippen LogP contribution < -0.4 is 5.73 Å². The van der Waals surface area contributed by atoms with Crippen LogP contribution in [0, 0.1) is 0 Å². The first-order valence-electron chi connectivity index (χ1n) is 5.88. The van der Waals surface area contributed by atoms with E-state index in [4.69, 9.17) is 5.73 Å². The Bertz CT molecular complexity index is 403. The quantitative estimate of drug-likeness (QED) is 0.876. The number of hydrogen-bond donors (Lipinski definition) is 2. The fraction of sp³-hybridized carbons (Fsp3) is 0.538. The van der Waals surface area contributed by atoms with Crippen molar-refractivity contribution in [2.45, 2.75) is 38.5 Å². The van der Waals surface area contributed by atoms with Gasteiger partial charge in [-0.25, -0.2) is 0 Å². The summed E-state index contributed by atoms with van der Waals surface area (Å²) in [5, 5.41) is 10.2. The van der Waals surface area contributed by atoms with E-state index in [0.29, 0.717) is 12.3 Å². The van der Waals surface area contributed by atoms with Gasteiger partial charge in [-0.2, -0.15) is 0 Å². The number of phenols is 1. The number of benzene rings is 1. The van der Waals surface area contributed by atoms with E-state index in [1.54, 1.807) is 0 Å². The van der Waals surface area contributed by atoms with Gasteiger partial charge >= 0.3 is 0 Å². The van der Waals surface area contributed by atoms with E-state index in [-0.39, 0.29) is 5.92 Å². The summed E-state index contributed by atoms with van der Waals surface area (Å²) >= 11 is 3.43. The second-order valence-electron chi connectivity index (χ2n) is 4.60. The molecule has 1 aromatic carbocycles. The number of hydrogen-bond acceptors (Lipinski definition) is 2. The zero-order valence-electron chi connectivity index (χ0n) is 9.59. The molecule has 2 rings (SSSR count). The summed E-state index contributed by atoms with van der Waals surface area (Å²) in [4.78, 5) is 0. The molecule has 1 aliphatic rings. The van der Waals surface area contributed by atoms with Crippen molar-refractivity contribution in [3.8, 4) is 5.75 Å². The van der Waals surface area contributed by atoms with Gasteiger partial charge in [-0.1, -0.05) is 6.92 Å². The van der Waals surface area contributed by atoms with Crippen molar-refractivity contribution in [3.63, 3.8) is 0 Å². The Morgan fingerprint density at radius 2 is 2.12 bits per heavy atom. The van der Waals surface area contributed by atoms with E-state index in [0.717, 1.165) is 22.9 Å². The fourth-order valence-electron chi connectivity index (χ4n) is 2.54. The lowest BCUT2D eigenvalue weighted by molar-refractivity contribution is 0.456. The lowest BCUT2D eigenvalue weighted by Crippen LogP contribution is -2.15. The number of rotatable bonds is 2. The molecule has 1 unspecified atom stereocenters. The summed E-state index contributed by atoms with van der Waals surface area (Å²) in [5.74, 6) is 0.614. The molecule has 3 heteroatoms. The van der Waals surface area contributed by atoms with E-state index in [9.17, 15) is 5.11 Å². The third kappa shape index (κ3) is 1.98. The second kappa shape index (κ2) is 4.76. The first-order valence-corrected chi connectivity index (χ1v) is 6.67. The van der Waals surface area contributed by atoms with E-state index >= 15 is 0 Å². The van der Waals surface area contributed by atoms with Crippen LogP contribution in [0.4, 0.5) is 0 Å². The Kier molecular flexibility index (Phi) is 3.55. The monoisotopic (exact) mass is 283 g/mol. The average molecular weight is 284 g/mol. The molecule has 88 valence electrons. The summed E-state index contributed by atoms with van der Waals surface area (Å²) in [7, 11) is 0. The minimum Gasteiger partial charge on any atom is -0.506 e. The summed E-state index contributed by atoms with van der Waals surface area (Å²) in [5.41, 5.74) is 9.51. The van der Waals surface area contributed by atoms with Gasteiger partial charge in [0.2, 0.25) is 0 Å². The Morgan fingerprint density at radius 3 is 2.81 bits per heavy atom. The van der Waals surface area contributed by atoms with Crippen molar-refractivity contribution < 1.29 is 5.11 Å². The van der Waals surface area contributed by atoms with Gasteiger partial charge in [0, 0.05) is 5.56 Å². The third-order valence-corrected chi connectivity index (χ3v) is 4.07. The molecule has 1 aromatic rings. The van der Waals surface area contributed by atoms with E-state index in [1.165, 1.54) is 24.0 Å². The SMILES string of the molecule is CC(CN)c1c(O)c(Br)cc2c1CCCC2. The molecule has 1 aliphatic carbocycles. The normalized spacial score (nSPS) is 16.9. The molecule has 2 nitrogen and oxygen atoms in total. The van der Waals surface area contributed by atoms with Gasteiger partial charge in [-0.05, 0) is 71.3 Å². The maximum Gasteiger partial charge on any atom is 0.133 e. The van der Waals surface area contributed by atoms with Crippen LogP contribution in [-0.2, 0) is 12.8 Å². The molecule has 16 heavy (non-hydrogen) atoms. The van der Waals surface area contributed by atoms with Crippen LogP contribution in [0.2, 0.25) is 0 Å². The highest BCUT2D eigenvalue weighted by molar-refractivity contribution is 9.10. The van der Waals surface area contributed by atoms with Crippen molar-refractivity contribution in [2.24, 2.45) is 5.73 Å². The van der Waals surface area contributed by atoms with Gasteiger partial charge in [0.15, 0.2) is 0 Å². The van der Waals surface area contributed by atoms with Crippen molar-refractivity contribution in [3.05, 3.63) is 27.2 Å². The van der Waals surface area contributed by atoms with E-state index in [2.05, 4.69) is 28.9 Å². The smallest absolute Gasteiger partial charge is 0.133 e. The molecule has 0 amide bonds. The zero-order valence-corrected chi connectivity index (χ0v) is 11.2. The molecule has 3 N–H and O–H groups in total. The standard InChI is InChI=1S/C13H18BrNO/c1-8(7-15)12-10-5-3-2-4-9(10)6-11(14)13(12)16/h6,8,16H,2-5,7,15H2,1H3. The average Bonchev–Trinajstić information content (AvgIpc) is 2.30. The molecule has 0 aliphatic heterocycles. The summed E-state index contributed by atoms with van der Waals surface area (Å²) in [6.45, 7) is 2.66. The van der Waals surface area contributed by atoms with Crippen molar-refractivity contribution in [2.75, 3.05) is 6.54 Å². The minimum absolute atomic E-state index is 0.226. The van der Waals surface area contributed by atoms with Crippen LogP contribution in [0.1, 0.15) is 42.4 Å². The van der Waals surface area contributed by atoms with Crippen LogP contribution in [0.3, 0.4) is 0 Å². The van der Waals surface area contributed by atoms with Crippen molar-refractivity contribution in [1.29, 1.82) is 0 Å². The van der Waals surface area contributed by atoms with Crippen molar-refractivity contribution in [1.82, 2.24) is 0 Å². The second-order valence-corrected chi connectivity index (χ2v) is 5.46. The maximum absolute atomic E-state index is 10.2. The van der Waals surface area contributed by atoms with Gasteiger partial charge in [-0.3, -0.25) is 0 Å². The van der Waals surface area contributed by atoms with Gasteiger partial charge in [0.1, 0.15) is 5.75 Å². The Balaban J connectivity index is 2.59. The fourth-order valence-corrected chi connectivity index (χ4v) is 3.03. The molecular weight excluding hydrogens is 266 g/mol. The van der Waals surface area contributed by atoms with Crippen LogP contribution in [-0.4, -0.2) is 11.7 Å². The number of phenolic OH excluding ortho intramolecular Hbond substituents is 1. The highest BCUT2D eigenvalue weighted by atomic mass is 79.9. The molecule has 0 spiro atoms. The first-order chi connectivity index (χ1) is 7.65. The number of aryl methyl sites for hydroxylation is 1. The van der Waals surface area contributed by atoms with Crippen LogP contribution in [0.25, 0.3) is 0 Å². The molecule has 0 aromatic heterocycles. The molecule has 0 saturated carbocycles. The highest BCUT2D eigenvalue weighted by Gasteiger charge is 2.21. The predicted octanol–water partition coefficient (Wildman–Crippen LogP) is 3.10. The first kappa shape index (κ1) is 11.9. The number of halogens is 1. The lowest BCUT2D eigenvalue weighted by atomic mass is 9.83. The Labute approximate surface area is 105 Å². The van der Waals surface area contributed by atoms with Crippen molar-refractivity contribution >= 4 is 15.9 Å². The van der Waals surface area contributed by atoms with Crippen LogP contribution >= 0.6 is 15.9 Å². The van der Waals surface area contributed by atoms with Crippen LogP contribution in [0.15, 0.2) is 10.5 Å². The minimum atomic E-state index is 0.226.